The number of nitrogens with one attached hydrogen (secondary N) is 1. The van der Waals surface area contributed by atoms with Gasteiger partial charge < -0.3 is 5.32 Å². The lowest BCUT2D eigenvalue weighted by Gasteiger charge is -2.56. The lowest BCUT2D eigenvalue weighted by molar-refractivity contribution is -0.0180. The van der Waals surface area contributed by atoms with Gasteiger partial charge in [0.05, 0.1) is 0 Å². The largest absolute Gasteiger partial charge is 0.309 e. The Kier molecular flexibility index (Phi) is 2.14. The van der Waals surface area contributed by atoms with Gasteiger partial charge in [-0.05, 0) is 42.5 Å². The van der Waals surface area contributed by atoms with Crippen LogP contribution in [0.15, 0.2) is 17.5 Å². The highest BCUT2D eigenvalue weighted by Crippen LogP contribution is 2.55. The highest BCUT2D eigenvalue weighted by molar-refractivity contribution is 7.09. The number of hydrogen-bond acceptors (Lipinski definition) is 2. The number of rotatable bonds is 3. The number of hydrogen-bond donors (Lipinski definition) is 1. The molecule has 1 atom stereocenters. The molecule has 1 aromatic heterocycles. The molecular weight excluding hydrogens is 190 g/mol. The summed E-state index contributed by atoms with van der Waals surface area (Å²) in [6.07, 6.45) is 7.32. The van der Waals surface area contributed by atoms with Crippen LogP contribution in [0.25, 0.3) is 0 Å². The van der Waals surface area contributed by atoms with Crippen LogP contribution in [-0.2, 0) is 6.54 Å². The topological polar surface area (TPSA) is 12.0 Å². The molecule has 2 saturated carbocycles. The van der Waals surface area contributed by atoms with Crippen molar-refractivity contribution in [2.45, 2.75) is 44.7 Å². The molecular formula is C12H17NS. The van der Waals surface area contributed by atoms with Crippen LogP contribution < -0.4 is 5.32 Å². The Balaban J connectivity index is 1.54. The lowest BCUT2D eigenvalue weighted by Crippen LogP contribution is -2.56. The van der Waals surface area contributed by atoms with Crippen molar-refractivity contribution >= 4 is 11.3 Å². The third-order valence-electron chi connectivity index (χ3n) is 4.12. The molecule has 1 spiro atoms. The summed E-state index contributed by atoms with van der Waals surface area (Å²) in [4.78, 5) is 1.48. The first-order chi connectivity index (χ1) is 6.89. The average Bonchev–Trinajstić information content (AvgIpc) is 2.52. The van der Waals surface area contributed by atoms with Crippen molar-refractivity contribution in [1.82, 2.24) is 5.32 Å². The van der Waals surface area contributed by atoms with Gasteiger partial charge in [-0.3, -0.25) is 0 Å². The van der Waals surface area contributed by atoms with Crippen LogP contribution in [-0.4, -0.2) is 6.04 Å². The Morgan fingerprint density at radius 1 is 1.43 bits per heavy atom. The van der Waals surface area contributed by atoms with Gasteiger partial charge in [-0.15, -0.1) is 11.3 Å². The fourth-order valence-electron chi connectivity index (χ4n) is 2.88. The fourth-order valence-corrected chi connectivity index (χ4v) is 3.54. The normalized spacial score (nSPS) is 28.4. The van der Waals surface area contributed by atoms with Gasteiger partial charge in [0.25, 0.3) is 0 Å². The molecule has 2 heteroatoms. The molecule has 0 saturated heterocycles. The second-order valence-electron chi connectivity index (χ2n) is 4.77. The zero-order valence-electron chi connectivity index (χ0n) is 8.46. The maximum absolute atomic E-state index is 3.72. The lowest BCUT2D eigenvalue weighted by atomic mass is 9.53. The standard InChI is InChI=1S/C12H17NS/c1-3-10(14-8-1)9-13-11-4-7-12(11)5-2-6-12/h1,3,8,11,13H,2,4-7,9H2. The molecule has 0 radical (unpaired) electrons. The molecule has 3 rings (SSSR count). The van der Waals surface area contributed by atoms with E-state index in [0.29, 0.717) is 0 Å². The minimum absolute atomic E-state index is 0.747. The molecule has 1 N–H and O–H groups in total. The van der Waals surface area contributed by atoms with Gasteiger partial charge in [0.15, 0.2) is 0 Å². The van der Waals surface area contributed by atoms with E-state index in [2.05, 4.69) is 22.8 Å². The summed E-state index contributed by atoms with van der Waals surface area (Å²) in [5.74, 6) is 0. The summed E-state index contributed by atoms with van der Waals surface area (Å²) in [5.41, 5.74) is 0.747. The van der Waals surface area contributed by atoms with E-state index in [1.54, 1.807) is 0 Å². The summed E-state index contributed by atoms with van der Waals surface area (Å²) in [5, 5.41) is 5.89. The molecule has 1 heterocycles. The highest BCUT2D eigenvalue weighted by Gasteiger charge is 2.50. The average molecular weight is 207 g/mol. The first-order valence-corrected chi connectivity index (χ1v) is 6.53. The van der Waals surface area contributed by atoms with Gasteiger partial charge in [-0.2, -0.15) is 0 Å². The molecule has 1 aromatic rings. The second kappa shape index (κ2) is 3.35. The van der Waals surface area contributed by atoms with Crippen molar-refractivity contribution in [3.05, 3.63) is 22.4 Å². The van der Waals surface area contributed by atoms with E-state index >= 15 is 0 Å². The van der Waals surface area contributed by atoms with Gasteiger partial charge in [-0.1, -0.05) is 12.5 Å². The van der Waals surface area contributed by atoms with E-state index in [1.807, 2.05) is 11.3 Å². The van der Waals surface area contributed by atoms with E-state index in [4.69, 9.17) is 0 Å². The quantitative estimate of drug-likeness (QED) is 0.802. The summed E-state index contributed by atoms with van der Waals surface area (Å²) in [6.45, 7) is 1.09. The smallest absolute Gasteiger partial charge is 0.0302 e. The summed E-state index contributed by atoms with van der Waals surface area (Å²) >= 11 is 1.86. The van der Waals surface area contributed by atoms with Gasteiger partial charge >= 0.3 is 0 Å². The van der Waals surface area contributed by atoms with Crippen LogP contribution in [0.1, 0.15) is 37.0 Å². The van der Waals surface area contributed by atoms with Crippen molar-refractivity contribution in [2.75, 3.05) is 0 Å². The zero-order chi connectivity index (χ0) is 9.43. The van der Waals surface area contributed by atoms with Crippen molar-refractivity contribution < 1.29 is 0 Å². The molecule has 0 bridgehead atoms. The monoisotopic (exact) mass is 207 g/mol. The Morgan fingerprint density at radius 3 is 2.86 bits per heavy atom. The second-order valence-corrected chi connectivity index (χ2v) is 5.80. The molecule has 0 aromatic carbocycles. The van der Waals surface area contributed by atoms with Gasteiger partial charge in [-0.25, -0.2) is 0 Å². The third-order valence-corrected chi connectivity index (χ3v) is 5.00. The van der Waals surface area contributed by atoms with Gasteiger partial charge in [0.1, 0.15) is 0 Å². The van der Waals surface area contributed by atoms with E-state index in [-0.39, 0.29) is 0 Å². The Labute approximate surface area is 89.5 Å². The summed E-state index contributed by atoms with van der Waals surface area (Å²) in [7, 11) is 0. The maximum atomic E-state index is 3.72. The molecule has 76 valence electrons. The number of thiophene rings is 1. The summed E-state index contributed by atoms with van der Waals surface area (Å²) in [6, 6.07) is 5.20. The fraction of sp³-hybridized carbons (Fsp3) is 0.667. The Hall–Kier alpha value is -0.340. The van der Waals surface area contributed by atoms with Crippen LogP contribution in [0.5, 0.6) is 0 Å². The van der Waals surface area contributed by atoms with Crippen molar-refractivity contribution in [3.8, 4) is 0 Å². The molecule has 2 aliphatic carbocycles. The van der Waals surface area contributed by atoms with Gasteiger partial charge in [0.2, 0.25) is 0 Å². The molecule has 0 amide bonds. The predicted octanol–water partition coefficient (Wildman–Crippen LogP) is 3.17. The summed E-state index contributed by atoms with van der Waals surface area (Å²) < 4.78 is 0. The highest BCUT2D eigenvalue weighted by atomic mass is 32.1. The van der Waals surface area contributed by atoms with Crippen LogP contribution in [0.3, 0.4) is 0 Å². The minimum atomic E-state index is 0.747. The molecule has 14 heavy (non-hydrogen) atoms. The van der Waals surface area contributed by atoms with E-state index in [0.717, 1.165) is 18.0 Å². The van der Waals surface area contributed by atoms with Crippen LogP contribution in [0.4, 0.5) is 0 Å². The maximum Gasteiger partial charge on any atom is 0.0302 e. The minimum Gasteiger partial charge on any atom is -0.309 e. The van der Waals surface area contributed by atoms with E-state index in [1.165, 1.54) is 37.0 Å². The zero-order valence-corrected chi connectivity index (χ0v) is 9.28. The molecule has 1 unspecified atom stereocenters. The van der Waals surface area contributed by atoms with Crippen LogP contribution in [0, 0.1) is 5.41 Å². The van der Waals surface area contributed by atoms with E-state index < -0.39 is 0 Å². The molecule has 0 aliphatic heterocycles. The molecule has 2 aliphatic rings. The van der Waals surface area contributed by atoms with Crippen molar-refractivity contribution in [3.63, 3.8) is 0 Å². The molecule has 1 nitrogen and oxygen atoms in total. The Bertz CT molecular complexity index is 295. The molecule has 2 fully saturated rings. The first kappa shape index (κ1) is 8.93. The van der Waals surface area contributed by atoms with Crippen molar-refractivity contribution in [1.29, 1.82) is 0 Å². The van der Waals surface area contributed by atoms with Gasteiger partial charge in [0, 0.05) is 17.5 Å². The Morgan fingerprint density at radius 2 is 2.36 bits per heavy atom. The first-order valence-electron chi connectivity index (χ1n) is 5.65. The third kappa shape index (κ3) is 1.32. The van der Waals surface area contributed by atoms with Crippen LogP contribution >= 0.6 is 11.3 Å². The van der Waals surface area contributed by atoms with Crippen LogP contribution in [0.2, 0.25) is 0 Å². The van der Waals surface area contributed by atoms with E-state index in [9.17, 15) is 0 Å². The SMILES string of the molecule is c1csc(CNC2CCC23CCC3)c1. The van der Waals surface area contributed by atoms with Crippen molar-refractivity contribution in [2.24, 2.45) is 5.41 Å². The predicted molar refractivity (Wildman–Crippen MR) is 60.5 cm³/mol.